The molecule has 122 valence electrons. The molecule has 0 heterocycles. The number of amides is 1. The summed E-state index contributed by atoms with van der Waals surface area (Å²) in [6, 6.07) is 4.16. The Bertz CT molecular complexity index is 535. The zero-order valence-electron chi connectivity index (χ0n) is 12.8. The summed E-state index contributed by atoms with van der Waals surface area (Å²) in [7, 11) is 1.55. The van der Waals surface area contributed by atoms with E-state index in [1.54, 1.807) is 26.2 Å². The van der Waals surface area contributed by atoms with E-state index in [1.807, 2.05) is 0 Å². The number of hydrogen-bond donors (Lipinski definition) is 2. The molecular formula is C15H20ClNO5. The van der Waals surface area contributed by atoms with Gasteiger partial charge in [-0.05, 0) is 32.0 Å². The van der Waals surface area contributed by atoms with Crippen molar-refractivity contribution in [1.82, 2.24) is 5.32 Å². The fourth-order valence-electron chi connectivity index (χ4n) is 1.66. The number of carbonyl (C=O) groups excluding carboxylic acids is 1. The van der Waals surface area contributed by atoms with Crippen molar-refractivity contribution in [3.63, 3.8) is 0 Å². The largest absolute Gasteiger partial charge is 0.490 e. The lowest BCUT2D eigenvalue weighted by molar-refractivity contribution is -0.141. The lowest BCUT2D eigenvalue weighted by Crippen LogP contribution is -2.40. The molecule has 0 fully saturated rings. The highest BCUT2D eigenvalue weighted by Gasteiger charge is 2.23. The molecule has 2 N–H and O–H groups in total. The Balaban J connectivity index is 2.86. The normalized spacial score (nSPS) is 13.3. The molecule has 1 amide bonds. The van der Waals surface area contributed by atoms with Crippen molar-refractivity contribution < 1.29 is 24.2 Å². The molecule has 0 aliphatic carbocycles. The number of nitrogens with one attached hydrogen (secondary N) is 1. The molecule has 0 aliphatic heterocycles. The van der Waals surface area contributed by atoms with Gasteiger partial charge in [-0.2, -0.15) is 0 Å². The summed E-state index contributed by atoms with van der Waals surface area (Å²) in [6.45, 7) is 3.84. The second-order valence-corrected chi connectivity index (χ2v) is 5.31. The highest BCUT2D eigenvalue weighted by atomic mass is 35.5. The van der Waals surface area contributed by atoms with E-state index in [-0.39, 0.29) is 5.56 Å². The molecule has 0 bridgehead atoms. The Morgan fingerprint density at radius 3 is 2.59 bits per heavy atom. The van der Waals surface area contributed by atoms with Gasteiger partial charge in [0.05, 0.1) is 18.1 Å². The van der Waals surface area contributed by atoms with Crippen LogP contribution in [-0.4, -0.2) is 43.3 Å². The third-order valence-electron chi connectivity index (χ3n) is 3.23. The number of carboxylic acid groups (broad SMARTS) is 1. The van der Waals surface area contributed by atoms with E-state index in [4.69, 9.17) is 26.2 Å². The van der Waals surface area contributed by atoms with Gasteiger partial charge in [0.2, 0.25) is 0 Å². The highest BCUT2D eigenvalue weighted by Crippen LogP contribution is 2.23. The number of methoxy groups -OCH3 is 1. The third kappa shape index (κ3) is 5.20. The van der Waals surface area contributed by atoms with Crippen LogP contribution in [0.2, 0.25) is 5.02 Å². The first-order valence-corrected chi connectivity index (χ1v) is 7.19. The first-order chi connectivity index (χ1) is 10.4. The number of ether oxygens (including phenoxy) is 2. The zero-order chi connectivity index (χ0) is 16.7. The van der Waals surface area contributed by atoms with E-state index >= 15 is 0 Å². The van der Waals surface area contributed by atoms with Crippen molar-refractivity contribution in [2.45, 2.75) is 19.9 Å². The minimum Gasteiger partial charge on any atom is -0.490 e. The lowest BCUT2D eigenvalue weighted by Gasteiger charge is -2.19. The summed E-state index contributed by atoms with van der Waals surface area (Å²) < 4.78 is 10.4. The van der Waals surface area contributed by atoms with E-state index in [9.17, 15) is 9.59 Å². The maximum atomic E-state index is 12.3. The molecule has 7 heteroatoms. The summed E-state index contributed by atoms with van der Waals surface area (Å²) in [5.41, 5.74) is 0.257. The summed E-state index contributed by atoms with van der Waals surface area (Å²) in [5.74, 6) is -1.75. The number of aliphatic carboxylic acids is 1. The SMILES string of the molecule is COCCOc1ccc(Cl)cc1C(=O)NC(C)C(C)C(=O)O. The molecule has 1 rings (SSSR count). The van der Waals surface area contributed by atoms with Gasteiger partial charge in [-0.1, -0.05) is 11.6 Å². The van der Waals surface area contributed by atoms with Crippen LogP contribution in [0.15, 0.2) is 18.2 Å². The minimum absolute atomic E-state index is 0.257. The van der Waals surface area contributed by atoms with Gasteiger partial charge in [-0.3, -0.25) is 9.59 Å². The quantitative estimate of drug-likeness (QED) is 0.714. The second kappa shape index (κ2) is 8.60. The second-order valence-electron chi connectivity index (χ2n) is 4.87. The van der Waals surface area contributed by atoms with Crippen LogP contribution in [0.3, 0.4) is 0 Å². The Labute approximate surface area is 134 Å². The highest BCUT2D eigenvalue weighted by molar-refractivity contribution is 6.31. The van der Waals surface area contributed by atoms with Crippen molar-refractivity contribution >= 4 is 23.5 Å². The summed E-state index contributed by atoms with van der Waals surface area (Å²) in [4.78, 5) is 23.3. The Morgan fingerprint density at radius 2 is 2.00 bits per heavy atom. The summed E-state index contributed by atoms with van der Waals surface area (Å²) in [6.07, 6.45) is 0. The molecule has 2 unspecified atom stereocenters. The topological polar surface area (TPSA) is 84.9 Å². The van der Waals surface area contributed by atoms with Crippen LogP contribution in [0.1, 0.15) is 24.2 Å². The van der Waals surface area contributed by atoms with Gasteiger partial charge < -0.3 is 19.9 Å². The van der Waals surface area contributed by atoms with Crippen LogP contribution in [0.4, 0.5) is 0 Å². The smallest absolute Gasteiger partial charge is 0.308 e. The Hall–Kier alpha value is -1.79. The average molecular weight is 330 g/mol. The predicted octanol–water partition coefficient (Wildman–Crippen LogP) is 2.20. The van der Waals surface area contributed by atoms with E-state index in [0.29, 0.717) is 24.0 Å². The predicted molar refractivity (Wildman–Crippen MR) is 82.6 cm³/mol. The Kier molecular flexibility index (Phi) is 7.14. The molecule has 1 aromatic carbocycles. The molecule has 2 atom stereocenters. The van der Waals surface area contributed by atoms with E-state index < -0.39 is 23.8 Å². The molecule has 6 nitrogen and oxygen atoms in total. The average Bonchev–Trinajstić information content (AvgIpc) is 2.47. The van der Waals surface area contributed by atoms with Crippen molar-refractivity contribution in [3.8, 4) is 5.75 Å². The first kappa shape index (κ1) is 18.3. The van der Waals surface area contributed by atoms with Gasteiger partial charge in [0.15, 0.2) is 0 Å². The number of hydrogen-bond acceptors (Lipinski definition) is 4. The molecule has 0 aliphatic rings. The van der Waals surface area contributed by atoms with Crippen molar-refractivity contribution in [3.05, 3.63) is 28.8 Å². The van der Waals surface area contributed by atoms with Gasteiger partial charge in [-0.15, -0.1) is 0 Å². The fraction of sp³-hybridized carbons (Fsp3) is 0.467. The van der Waals surface area contributed by atoms with Gasteiger partial charge >= 0.3 is 5.97 Å². The summed E-state index contributed by atoms with van der Waals surface area (Å²) >= 11 is 5.92. The van der Waals surface area contributed by atoms with Gasteiger partial charge in [0.25, 0.3) is 5.91 Å². The number of benzene rings is 1. The first-order valence-electron chi connectivity index (χ1n) is 6.81. The van der Waals surface area contributed by atoms with E-state index in [2.05, 4.69) is 5.32 Å². The van der Waals surface area contributed by atoms with Crippen molar-refractivity contribution in [2.75, 3.05) is 20.3 Å². The summed E-state index contributed by atoms with van der Waals surface area (Å²) in [5, 5.41) is 12.0. The maximum Gasteiger partial charge on any atom is 0.308 e. The van der Waals surface area contributed by atoms with Crippen LogP contribution in [0, 0.1) is 5.92 Å². The van der Waals surface area contributed by atoms with Gasteiger partial charge in [0.1, 0.15) is 12.4 Å². The van der Waals surface area contributed by atoms with Crippen LogP contribution >= 0.6 is 11.6 Å². The molecule has 0 spiro atoms. The number of carboxylic acids is 1. The molecule has 0 saturated heterocycles. The van der Waals surface area contributed by atoms with E-state index in [0.717, 1.165) is 0 Å². The maximum absolute atomic E-state index is 12.3. The van der Waals surface area contributed by atoms with E-state index in [1.165, 1.54) is 13.0 Å². The molecule has 1 aromatic rings. The Morgan fingerprint density at radius 1 is 1.32 bits per heavy atom. The van der Waals surface area contributed by atoms with Gasteiger partial charge in [-0.25, -0.2) is 0 Å². The molecule has 22 heavy (non-hydrogen) atoms. The number of rotatable bonds is 8. The van der Waals surface area contributed by atoms with Gasteiger partial charge in [0, 0.05) is 18.2 Å². The van der Waals surface area contributed by atoms with Crippen LogP contribution in [0.5, 0.6) is 5.75 Å². The minimum atomic E-state index is -0.976. The number of halogens is 1. The molecular weight excluding hydrogens is 310 g/mol. The standard InChI is InChI=1S/C15H20ClNO5/c1-9(15(19)20)10(2)17-14(18)12-8-11(16)4-5-13(12)22-7-6-21-3/h4-5,8-10H,6-7H2,1-3H3,(H,17,18)(H,19,20). The molecule has 0 aromatic heterocycles. The van der Waals surface area contributed by atoms with Crippen molar-refractivity contribution in [1.29, 1.82) is 0 Å². The van der Waals surface area contributed by atoms with Crippen LogP contribution in [-0.2, 0) is 9.53 Å². The lowest BCUT2D eigenvalue weighted by atomic mass is 10.0. The monoisotopic (exact) mass is 329 g/mol. The zero-order valence-corrected chi connectivity index (χ0v) is 13.5. The van der Waals surface area contributed by atoms with Crippen LogP contribution in [0.25, 0.3) is 0 Å². The van der Waals surface area contributed by atoms with Crippen molar-refractivity contribution in [2.24, 2.45) is 5.92 Å². The van der Waals surface area contributed by atoms with Crippen LogP contribution < -0.4 is 10.1 Å². The fourth-order valence-corrected chi connectivity index (χ4v) is 1.84. The number of carbonyl (C=O) groups is 2. The molecule has 0 radical (unpaired) electrons. The third-order valence-corrected chi connectivity index (χ3v) is 3.46. The molecule has 0 saturated carbocycles.